The number of hydrogen-bond donors (Lipinski definition) is 2. The summed E-state index contributed by atoms with van der Waals surface area (Å²) in [5, 5.41) is 15.8. The molecular weight excluding hydrogens is 322 g/mol. The summed E-state index contributed by atoms with van der Waals surface area (Å²) in [6.07, 6.45) is 3.14. The molecule has 102 valence electrons. The van der Waals surface area contributed by atoms with E-state index in [2.05, 4.69) is 26.3 Å². The quantitative estimate of drug-likeness (QED) is 0.773. The van der Waals surface area contributed by atoms with Gasteiger partial charge in [-0.1, -0.05) is 0 Å². The summed E-state index contributed by atoms with van der Waals surface area (Å²) in [4.78, 5) is 11.8. The average Bonchev–Trinajstić information content (AvgIpc) is 2.28. The molecule has 0 bridgehead atoms. The molecule has 0 spiro atoms. The van der Waals surface area contributed by atoms with Crippen molar-refractivity contribution >= 4 is 32.4 Å². The fourth-order valence-corrected chi connectivity index (χ4v) is 2.69. The molecule has 1 aromatic rings. The molecule has 0 saturated heterocycles. The van der Waals surface area contributed by atoms with E-state index in [1.807, 2.05) is 6.92 Å². The van der Waals surface area contributed by atoms with Crippen LogP contribution in [0.4, 0.5) is 5.69 Å². The lowest BCUT2D eigenvalue weighted by Crippen LogP contribution is -2.28. The van der Waals surface area contributed by atoms with E-state index in [4.69, 9.17) is 5.11 Å². The fourth-order valence-electron chi connectivity index (χ4n) is 1.48. The number of halogens is 1. The number of nitrogens with one attached hydrogen (secondary N) is 1. The molecule has 0 radical (unpaired) electrons. The van der Waals surface area contributed by atoms with Crippen molar-refractivity contribution in [1.29, 1.82) is 0 Å². The first-order valence-corrected chi connectivity index (χ1v) is 7.90. The SMILES string of the molecule is CC(CS(C)=O)Nc1cnn(CCO)c(=O)c1Br. The van der Waals surface area contributed by atoms with Gasteiger partial charge in [-0.05, 0) is 22.9 Å². The normalized spacial score (nSPS) is 14.2. The van der Waals surface area contributed by atoms with Gasteiger partial charge < -0.3 is 10.4 Å². The van der Waals surface area contributed by atoms with Crippen molar-refractivity contribution in [2.75, 3.05) is 23.9 Å². The highest BCUT2D eigenvalue weighted by Crippen LogP contribution is 2.17. The smallest absolute Gasteiger partial charge is 0.283 e. The van der Waals surface area contributed by atoms with Crippen molar-refractivity contribution in [3.8, 4) is 0 Å². The van der Waals surface area contributed by atoms with Gasteiger partial charge in [-0.2, -0.15) is 5.10 Å². The molecule has 1 heterocycles. The van der Waals surface area contributed by atoms with Crippen molar-refractivity contribution in [1.82, 2.24) is 9.78 Å². The second-order valence-corrected chi connectivity index (χ2v) is 6.18. The molecule has 1 rings (SSSR count). The van der Waals surface area contributed by atoms with Gasteiger partial charge in [0.2, 0.25) is 0 Å². The maximum Gasteiger partial charge on any atom is 0.283 e. The first kappa shape index (κ1) is 15.3. The van der Waals surface area contributed by atoms with Gasteiger partial charge in [-0.15, -0.1) is 0 Å². The zero-order chi connectivity index (χ0) is 13.7. The van der Waals surface area contributed by atoms with E-state index >= 15 is 0 Å². The Bertz CT molecular complexity index is 492. The Morgan fingerprint density at radius 1 is 1.67 bits per heavy atom. The Hall–Kier alpha value is -0.730. The molecule has 0 aromatic carbocycles. The zero-order valence-corrected chi connectivity index (χ0v) is 12.6. The minimum Gasteiger partial charge on any atom is -0.394 e. The number of aliphatic hydroxyl groups is 1. The molecule has 1 aromatic heterocycles. The lowest BCUT2D eigenvalue weighted by atomic mass is 10.3. The van der Waals surface area contributed by atoms with E-state index in [-0.39, 0.29) is 24.8 Å². The molecule has 2 unspecified atom stereocenters. The van der Waals surface area contributed by atoms with Crippen LogP contribution in [0.15, 0.2) is 15.5 Å². The number of rotatable bonds is 6. The molecule has 0 saturated carbocycles. The zero-order valence-electron chi connectivity index (χ0n) is 10.2. The Labute approximate surface area is 116 Å². The van der Waals surface area contributed by atoms with Crippen LogP contribution in [0.1, 0.15) is 6.92 Å². The van der Waals surface area contributed by atoms with E-state index in [9.17, 15) is 9.00 Å². The fraction of sp³-hybridized carbons (Fsp3) is 0.600. The Morgan fingerprint density at radius 2 is 2.33 bits per heavy atom. The van der Waals surface area contributed by atoms with Gasteiger partial charge in [0.1, 0.15) is 4.47 Å². The van der Waals surface area contributed by atoms with Crippen LogP contribution < -0.4 is 10.9 Å². The van der Waals surface area contributed by atoms with Gasteiger partial charge in [0.15, 0.2) is 0 Å². The second kappa shape index (κ2) is 7.01. The van der Waals surface area contributed by atoms with Gasteiger partial charge >= 0.3 is 0 Å². The minimum atomic E-state index is -0.903. The summed E-state index contributed by atoms with van der Waals surface area (Å²) >= 11 is 3.20. The summed E-state index contributed by atoms with van der Waals surface area (Å²) in [6.45, 7) is 1.90. The predicted octanol–water partition coefficient (Wildman–Crippen LogP) is 0.177. The minimum absolute atomic E-state index is 0.0259. The highest BCUT2D eigenvalue weighted by Gasteiger charge is 2.11. The summed E-state index contributed by atoms with van der Waals surface area (Å²) in [5.74, 6) is 0.492. The average molecular weight is 338 g/mol. The maximum absolute atomic E-state index is 11.8. The molecule has 18 heavy (non-hydrogen) atoms. The first-order chi connectivity index (χ1) is 8.45. The van der Waals surface area contributed by atoms with E-state index in [1.54, 1.807) is 6.26 Å². The van der Waals surface area contributed by atoms with Crippen LogP contribution in [0.3, 0.4) is 0 Å². The van der Waals surface area contributed by atoms with Crippen LogP contribution in [-0.2, 0) is 17.3 Å². The third kappa shape index (κ3) is 4.18. The molecule has 8 heteroatoms. The lowest BCUT2D eigenvalue weighted by Gasteiger charge is -2.15. The molecule has 0 aliphatic carbocycles. The molecular formula is C10H16BrN3O3S. The van der Waals surface area contributed by atoms with Crippen molar-refractivity contribution in [2.24, 2.45) is 0 Å². The van der Waals surface area contributed by atoms with Crippen LogP contribution in [0.2, 0.25) is 0 Å². The van der Waals surface area contributed by atoms with Crippen LogP contribution >= 0.6 is 15.9 Å². The van der Waals surface area contributed by atoms with Gasteiger partial charge in [0.25, 0.3) is 5.56 Å². The highest BCUT2D eigenvalue weighted by atomic mass is 79.9. The van der Waals surface area contributed by atoms with Gasteiger partial charge in [-0.25, -0.2) is 4.68 Å². The van der Waals surface area contributed by atoms with Crippen molar-refractivity contribution in [3.63, 3.8) is 0 Å². The van der Waals surface area contributed by atoms with Crippen molar-refractivity contribution in [2.45, 2.75) is 19.5 Å². The van der Waals surface area contributed by atoms with Crippen LogP contribution in [0, 0.1) is 0 Å². The summed E-state index contributed by atoms with van der Waals surface area (Å²) in [7, 11) is -0.903. The largest absolute Gasteiger partial charge is 0.394 e. The first-order valence-electron chi connectivity index (χ1n) is 5.38. The molecule has 0 aliphatic rings. The number of hydrogen-bond acceptors (Lipinski definition) is 5. The van der Waals surface area contributed by atoms with Crippen LogP contribution in [0.5, 0.6) is 0 Å². The van der Waals surface area contributed by atoms with E-state index < -0.39 is 10.8 Å². The summed E-state index contributed by atoms with van der Waals surface area (Å²) in [5.41, 5.74) is 0.256. The molecule has 2 atom stereocenters. The summed E-state index contributed by atoms with van der Waals surface area (Å²) < 4.78 is 12.6. The molecule has 0 aliphatic heterocycles. The number of anilines is 1. The van der Waals surface area contributed by atoms with Crippen molar-refractivity contribution in [3.05, 3.63) is 21.0 Å². The van der Waals surface area contributed by atoms with Crippen molar-refractivity contribution < 1.29 is 9.32 Å². The van der Waals surface area contributed by atoms with Gasteiger partial charge in [0.05, 0.1) is 25.0 Å². The van der Waals surface area contributed by atoms with E-state index in [1.165, 1.54) is 10.9 Å². The lowest BCUT2D eigenvalue weighted by molar-refractivity contribution is 0.266. The van der Waals surface area contributed by atoms with Gasteiger partial charge in [0, 0.05) is 28.9 Å². The third-order valence-corrected chi connectivity index (χ3v) is 3.92. The third-order valence-electron chi connectivity index (χ3n) is 2.18. The topological polar surface area (TPSA) is 84.2 Å². The van der Waals surface area contributed by atoms with Gasteiger partial charge in [-0.3, -0.25) is 9.00 Å². The monoisotopic (exact) mass is 337 g/mol. The summed E-state index contributed by atoms with van der Waals surface area (Å²) in [6, 6.07) is -0.0259. The molecule has 0 fully saturated rings. The Balaban J connectivity index is 2.88. The second-order valence-electron chi connectivity index (χ2n) is 3.91. The maximum atomic E-state index is 11.8. The highest BCUT2D eigenvalue weighted by molar-refractivity contribution is 9.10. The van der Waals surface area contributed by atoms with Crippen LogP contribution in [0.25, 0.3) is 0 Å². The molecule has 0 amide bonds. The standard InChI is InChI=1S/C10H16BrN3O3S/c1-7(6-18(2)17)13-8-5-12-14(3-4-15)10(16)9(8)11/h5,7,13,15H,3-4,6H2,1-2H3. The number of nitrogens with zero attached hydrogens (tertiary/aromatic N) is 2. The molecule has 6 nitrogen and oxygen atoms in total. The van der Waals surface area contributed by atoms with Crippen LogP contribution in [-0.4, -0.2) is 43.8 Å². The Kier molecular flexibility index (Phi) is 5.97. The number of aliphatic hydroxyl groups excluding tert-OH is 1. The van der Waals surface area contributed by atoms with E-state index in [0.717, 1.165) is 0 Å². The predicted molar refractivity (Wildman–Crippen MR) is 75.3 cm³/mol. The number of aromatic nitrogens is 2. The van der Waals surface area contributed by atoms with E-state index in [0.29, 0.717) is 15.9 Å². The Morgan fingerprint density at radius 3 is 2.89 bits per heavy atom. The molecule has 2 N–H and O–H groups in total.